The van der Waals surface area contributed by atoms with Crippen LogP contribution in [0.4, 0.5) is 4.79 Å². The third-order valence-corrected chi connectivity index (χ3v) is 4.32. The molecule has 136 valence electrons. The van der Waals surface area contributed by atoms with Crippen molar-refractivity contribution in [2.45, 2.75) is 59.6 Å². The van der Waals surface area contributed by atoms with Crippen LogP contribution in [0.1, 0.15) is 46.6 Å². The largest absolute Gasteiger partial charge is 0.508 e. The normalized spacial score (nSPS) is 14.3. The average molecular weight is 336 g/mol. The lowest BCUT2D eigenvalue weighted by Gasteiger charge is -2.33. The van der Waals surface area contributed by atoms with Crippen molar-refractivity contribution in [2.24, 2.45) is 11.3 Å². The summed E-state index contributed by atoms with van der Waals surface area (Å²) in [6, 6.07) is 6.94. The molecule has 1 aromatic rings. The van der Waals surface area contributed by atoms with Gasteiger partial charge in [0.15, 0.2) is 0 Å². The van der Waals surface area contributed by atoms with Gasteiger partial charge in [-0.15, -0.1) is 0 Å². The number of aliphatic hydroxyl groups excluding tert-OH is 1. The smallest absolute Gasteiger partial charge is 0.315 e. The molecule has 0 aromatic heterocycles. The van der Waals surface area contributed by atoms with Crippen LogP contribution in [0.2, 0.25) is 0 Å². The van der Waals surface area contributed by atoms with E-state index in [0.29, 0.717) is 6.54 Å². The van der Waals surface area contributed by atoms with E-state index in [1.807, 2.05) is 46.8 Å². The summed E-state index contributed by atoms with van der Waals surface area (Å²) in [5.41, 5.74) is 0.754. The first-order chi connectivity index (χ1) is 11.1. The molecule has 24 heavy (non-hydrogen) atoms. The number of aromatic hydroxyl groups is 1. The molecule has 2 unspecified atom stereocenters. The summed E-state index contributed by atoms with van der Waals surface area (Å²) < 4.78 is 0. The van der Waals surface area contributed by atoms with E-state index >= 15 is 0 Å². The maximum Gasteiger partial charge on any atom is 0.315 e. The van der Waals surface area contributed by atoms with Crippen molar-refractivity contribution in [1.29, 1.82) is 0 Å². The topological polar surface area (TPSA) is 81.6 Å². The predicted octanol–water partition coefficient (Wildman–Crippen LogP) is 3.06. The van der Waals surface area contributed by atoms with E-state index in [-0.39, 0.29) is 29.2 Å². The minimum atomic E-state index is -0.468. The fraction of sp³-hybridized carbons (Fsp3) is 0.632. The van der Waals surface area contributed by atoms with Gasteiger partial charge in [-0.25, -0.2) is 4.79 Å². The standard InChI is InChI=1S/C19H32N2O3/c1-13(2)17(23)19(4,5)12-20-18(24)21-14(3)6-7-15-8-10-16(22)11-9-15/h8-11,13-14,17,22-23H,6-7,12H2,1-5H3,(H2,20,21,24). The van der Waals surface area contributed by atoms with Crippen molar-refractivity contribution >= 4 is 6.03 Å². The SMILES string of the molecule is CC(CCc1ccc(O)cc1)NC(=O)NCC(C)(C)C(O)C(C)C. The lowest BCUT2D eigenvalue weighted by Crippen LogP contribution is -2.48. The van der Waals surface area contributed by atoms with Crippen molar-refractivity contribution in [2.75, 3.05) is 6.54 Å². The summed E-state index contributed by atoms with van der Waals surface area (Å²) >= 11 is 0. The predicted molar refractivity (Wildman–Crippen MR) is 97.1 cm³/mol. The minimum Gasteiger partial charge on any atom is -0.508 e. The number of hydrogen-bond donors (Lipinski definition) is 4. The zero-order valence-electron chi connectivity index (χ0n) is 15.5. The van der Waals surface area contributed by atoms with Gasteiger partial charge in [-0.05, 0) is 43.4 Å². The first-order valence-electron chi connectivity index (χ1n) is 8.62. The highest BCUT2D eigenvalue weighted by Gasteiger charge is 2.30. The van der Waals surface area contributed by atoms with Crippen LogP contribution < -0.4 is 10.6 Å². The number of carbonyl (C=O) groups is 1. The molecule has 0 heterocycles. The van der Waals surface area contributed by atoms with Gasteiger partial charge in [0.05, 0.1) is 6.10 Å². The van der Waals surface area contributed by atoms with Gasteiger partial charge < -0.3 is 20.8 Å². The molecule has 2 amide bonds. The Morgan fingerprint density at radius 1 is 1.17 bits per heavy atom. The molecule has 0 bridgehead atoms. The summed E-state index contributed by atoms with van der Waals surface area (Å²) in [5, 5.41) is 25.2. The van der Waals surface area contributed by atoms with Crippen molar-refractivity contribution in [3.8, 4) is 5.75 Å². The molecule has 1 aromatic carbocycles. The van der Waals surface area contributed by atoms with E-state index in [0.717, 1.165) is 18.4 Å². The molecule has 2 atom stereocenters. The fourth-order valence-corrected chi connectivity index (χ4v) is 2.71. The number of benzene rings is 1. The highest BCUT2D eigenvalue weighted by Crippen LogP contribution is 2.25. The lowest BCUT2D eigenvalue weighted by molar-refractivity contribution is 0.0151. The van der Waals surface area contributed by atoms with Gasteiger partial charge >= 0.3 is 6.03 Å². The highest BCUT2D eigenvalue weighted by molar-refractivity contribution is 5.74. The van der Waals surface area contributed by atoms with E-state index in [4.69, 9.17) is 0 Å². The van der Waals surface area contributed by atoms with Gasteiger partial charge in [-0.2, -0.15) is 0 Å². The van der Waals surface area contributed by atoms with Gasteiger partial charge in [0.1, 0.15) is 5.75 Å². The Morgan fingerprint density at radius 2 is 1.75 bits per heavy atom. The maximum absolute atomic E-state index is 12.0. The first-order valence-corrected chi connectivity index (χ1v) is 8.62. The number of amides is 2. The quantitative estimate of drug-likeness (QED) is 0.589. The molecule has 4 N–H and O–H groups in total. The number of aliphatic hydroxyl groups is 1. The first kappa shape index (κ1) is 20.3. The van der Waals surface area contributed by atoms with Gasteiger partial charge in [0.2, 0.25) is 0 Å². The molecule has 0 spiro atoms. The Bertz CT molecular complexity index is 512. The molecule has 0 aliphatic rings. The molecule has 5 heteroatoms. The maximum atomic E-state index is 12.0. The van der Waals surface area contributed by atoms with Crippen LogP contribution in [-0.2, 0) is 6.42 Å². The van der Waals surface area contributed by atoms with Crippen LogP contribution in [-0.4, -0.2) is 34.9 Å². The number of hydrogen-bond acceptors (Lipinski definition) is 3. The van der Waals surface area contributed by atoms with E-state index in [2.05, 4.69) is 10.6 Å². The number of phenolic OH excluding ortho intramolecular Hbond substituents is 1. The molecule has 0 saturated heterocycles. The van der Waals surface area contributed by atoms with Gasteiger partial charge in [0.25, 0.3) is 0 Å². The fourth-order valence-electron chi connectivity index (χ4n) is 2.71. The number of phenols is 1. The summed E-state index contributed by atoms with van der Waals surface area (Å²) in [4.78, 5) is 12.0. The molecule has 0 aliphatic carbocycles. The monoisotopic (exact) mass is 336 g/mol. The van der Waals surface area contributed by atoms with Crippen LogP contribution in [0, 0.1) is 11.3 Å². The average Bonchev–Trinajstić information content (AvgIpc) is 2.51. The second-order valence-electron chi connectivity index (χ2n) is 7.61. The Hall–Kier alpha value is -1.75. The summed E-state index contributed by atoms with van der Waals surface area (Å²) in [7, 11) is 0. The summed E-state index contributed by atoms with van der Waals surface area (Å²) in [6.07, 6.45) is 1.18. The molecule has 0 saturated carbocycles. The lowest BCUT2D eigenvalue weighted by atomic mass is 9.81. The van der Waals surface area contributed by atoms with Crippen LogP contribution in [0.25, 0.3) is 0 Å². The second kappa shape index (κ2) is 8.92. The Labute approximate surface area is 145 Å². The number of rotatable bonds is 8. The number of urea groups is 1. The van der Waals surface area contributed by atoms with Crippen LogP contribution in [0.15, 0.2) is 24.3 Å². The van der Waals surface area contributed by atoms with E-state index < -0.39 is 6.10 Å². The third kappa shape index (κ3) is 6.79. The Kier molecular flexibility index (Phi) is 7.55. The van der Waals surface area contributed by atoms with Crippen LogP contribution in [0.5, 0.6) is 5.75 Å². The van der Waals surface area contributed by atoms with Crippen LogP contribution >= 0.6 is 0 Å². The van der Waals surface area contributed by atoms with E-state index in [9.17, 15) is 15.0 Å². The molecule has 0 aliphatic heterocycles. The second-order valence-corrected chi connectivity index (χ2v) is 7.61. The zero-order chi connectivity index (χ0) is 18.3. The third-order valence-electron chi connectivity index (χ3n) is 4.32. The summed E-state index contributed by atoms with van der Waals surface area (Å²) in [6.45, 7) is 10.2. The van der Waals surface area contributed by atoms with Crippen molar-refractivity contribution in [3.63, 3.8) is 0 Å². The van der Waals surface area contributed by atoms with Gasteiger partial charge in [-0.1, -0.05) is 39.8 Å². The number of carbonyl (C=O) groups excluding carboxylic acids is 1. The molecule has 0 fully saturated rings. The van der Waals surface area contributed by atoms with Crippen molar-refractivity contribution < 1.29 is 15.0 Å². The van der Waals surface area contributed by atoms with Crippen molar-refractivity contribution in [1.82, 2.24) is 10.6 Å². The number of nitrogens with one attached hydrogen (secondary N) is 2. The minimum absolute atomic E-state index is 0.0388. The molecular formula is C19H32N2O3. The molecule has 5 nitrogen and oxygen atoms in total. The zero-order valence-corrected chi connectivity index (χ0v) is 15.5. The molecule has 0 radical (unpaired) electrons. The van der Waals surface area contributed by atoms with Crippen molar-refractivity contribution in [3.05, 3.63) is 29.8 Å². The highest BCUT2D eigenvalue weighted by atomic mass is 16.3. The van der Waals surface area contributed by atoms with Gasteiger partial charge in [-0.3, -0.25) is 0 Å². The van der Waals surface area contributed by atoms with Gasteiger partial charge in [0, 0.05) is 18.0 Å². The number of aryl methyl sites for hydroxylation is 1. The van der Waals surface area contributed by atoms with Crippen LogP contribution in [0.3, 0.4) is 0 Å². The van der Waals surface area contributed by atoms with E-state index in [1.165, 1.54) is 0 Å². The Morgan fingerprint density at radius 3 is 2.29 bits per heavy atom. The Balaban J connectivity index is 2.35. The molecule has 1 rings (SSSR count). The summed E-state index contributed by atoms with van der Waals surface area (Å²) in [5.74, 6) is 0.407. The van der Waals surface area contributed by atoms with E-state index in [1.54, 1.807) is 12.1 Å². The molecular weight excluding hydrogens is 304 g/mol.